The van der Waals surface area contributed by atoms with Gasteiger partial charge in [-0.05, 0) is 46.1 Å². The number of pyridine rings is 1. The lowest BCUT2D eigenvalue weighted by Crippen LogP contribution is -2.35. The maximum Gasteiger partial charge on any atom is 0.415 e. The molecule has 214 valence electrons. The third-order valence-electron chi connectivity index (χ3n) is 7.07. The van der Waals surface area contributed by atoms with Crippen molar-refractivity contribution in [2.45, 2.75) is 70.2 Å². The van der Waals surface area contributed by atoms with Crippen LogP contribution in [0.2, 0.25) is 0 Å². The summed E-state index contributed by atoms with van der Waals surface area (Å²) in [5, 5.41) is 7.33. The van der Waals surface area contributed by atoms with Gasteiger partial charge in [0.15, 0.2) is 5.65 Å². The van der Waals surface area contributed by atoms with E-state index in [-0.39, 0.29) is 47.3 Å². The molecule has 3 aromatic heterocycles. The maximum atomic E-state index is 13.4. The largest absolute Gasteiger partial charge is 0.443 e. The molecule has 40 heavy (non-hydrogen) atoms. The number of hydrogen-bond acceptors (Lipinski definition) is 8. The van der Waals surface area contributed by atoms with Crippen LogP contribution in [0.3, 0.4) is 0 Å². The van der Waals surface area contributed by atoms with Crippen LogP contribution in [0, 0.1) is 0 Å². The van der Waals surface area contributed by atoms with E-state index in [4.69, 9.17) is 19.2 Å². The number of hydrogen-bond donors (Lipinski definition) is 1. The number of methoxy groups -OCH3 is 1. The first-order chi connectivity index (χ1) is 19.1. The number of aromatic nitrogens is 4. The third kappa shape index (κ3) is 5.87. The summed E-state index contributed by atoms with van der Waals surface area (Å²) in [7, 11) is 3.18. The van der Waals surface area contributed by atoms with Gasteiger partial charge in [0.05, 0.1) is 36.7 Å². The van der Waals surface area contributed by atoms with E-state index in [9.17, 15) is 14.4 Å². The Kier molecular flexibility index (Phi) is 7.65. The fourth-order valence-corrected chi connectivity index (χ4v) is 4.86. The Balaban J connectivity index is 1.53. The molecule has 0 bridgehead atoms. The standard InChI is InChI=1S/C28H36N6O6/c1-28(2,3)40-27(37)32(4)23-13-18(12-17-8-6-10-33(26(17)36)19-9-7-11-39-16-19)30-24-20(15-29-34(23)24)25(35)31-21-14-22(21)38-5/h6,8,10,13,15,19,21-22H,7,9,11-12,14,16H2,1-5H3,(H,31,35)/t19-,21?,22-/m0/s1. The summed E-state index contributed by atoms with van der Waals surface area (Å²) >= 11 is 0. The normalized spacial score (nSPS) is 20.8. The molecule has 3 aromatic rings. The fraction of sp³-hybridized carbons (Fsp3) is 0.536. The van der Waals surface area contributed by atoms with Crippen molar-refractivity contribution in [2.24, 2.45) is 0 Å². The molecule has 12 heteroatoms. The van der Waals surface area contributed by atoms with Gasteiger partial charge in [0.25, 0.3) is 11.5 Å². The molecule has 1 aliphatic heterocycles. The molecule has 5 rings (SSSR count). The van der Waals surface area contributed by atoms with Gasteiger partial charge in [-0.1, -0.05) is 6.07 Å². The molecule has 3 atom stereocenters. The second-order valence-corrected chi connectivity index (χ2v) is 11.3. The van der Waals surface area contributed by atoms with E-state index >= 15 is 0 Å². The Morgan fingerprint density at radius 1 is 1.30 bits per heavy atom. The van der Waals surface area contributed by atoms with Crippen LogP contribution < -0.4 is 15.8 Å². The van der Waals surface area contributed by atoms with Gasteiger partial charge in [0.1, 0.15) is 17.0 Å². The Labute approximate surface area is 232 Å². The number of carbonyl (C=O) groups excluding carboxylic acids is 2. The van der Waals surface area contributed by atoms with Crippen LogP contribution in [-0.4, -0.2) is 76.3 Å². The lowest BCUT2D eigenvalue weighted by atomic mass is 10.1. The number of rotatable bonds is 7. The molecule has 1 saturated heterocycles. The topological polar surface area (TPSA) is 129 Å². The van der Waals surface area contributed by atoms with Crippen LogP contribution in [0.15, 0.2) is 35.4 Å². The minimum absolute atomic E-state index is 0.0158. The minimum atomic E-state index is -0.713. The van der Waals surface area contributed by atoms with Gasteiger partial charge in [-0.3, -0.25) is 14.5 Å². The highest BCUT2D eigenvalue weighted by atomic mass is 16.6. The zero-order chi connectivity index (χ0) is 28.6. The number of anilines is 1. The van der Waals surface area contributed by atoms with E-state index in [1.165, 1.54) is 15.6 Å². The molecule has 4 heterocycles. The van der Waals surface area contributed by atoms with Crippen molar-refractivity contribution in [3.05, 3.63) is 57.8 Å². The molecular formula is C28H36N6O6. The first-order valence-electron chi connectivity index (χ1n) is 13.5. The summed E-state index contributed by atoms with van der Waals surface area (Å²) < 4.78 is 19.6. The van der Waals surface area contributed by atoms with E-state index < -0.39 is 11.7 Å². The second kappa shape index (κ2) is 11.0. The Bertz CT molecular complexity index is 1470. The molecule has 1 saturated carbocycles. The van der Waals surface area contributed by atoms with Crippen LogP contribution in [0.1, 0.15) is 67.7 Å². The van der Waals surface area contributed by atoms with E-state index in [1.54, 1.807) is 57.8 Å². The van der Waals surface area contributed by atoms with E-state index in [1.807, 2.05) is 6.07 Å². The molecule has 0 radical (unpaired) electrons. The van der Waals surface area contributed by atoms with Gasteiger partial charge >= 0.3 is 6.09 Å². The van der Waals surface area contributed by atoms with Crippen molar-refractivity contribution in [3.8, 4) is 0 Å². The van der Waals surface area contributed by atoms with Crippen LogP contribution in [0.5, 0.6) is 0 Å². The van der Waals surface area contributed by atoms with Crippen LogP contribution in [0.4, 0.5) is 10.6 Å². The summed E-state index contributed by atoms with van der Waals surface area (Å²) in [6.07, 6.45) is 5.31. The highest BCUT2D eigenvalue weighted by Gasteiger charge is 2.39. The molecule has 0 spiro atoms. The Morgan fingerprint density at radius 3 is 2.77 bits per heavy atom. The zero-order valence-electron chi connectivity index (χ0n) is 23.5. The van der Waals surface area contributed by atoms with Gasteiger partial charge < -0.3 is 24.1 Å². The van der Waals surface area contributed by atoms with Crippen molar-refractivity contribution in [1.82, 2.24) is 24.5 Å². The quantitative estimate of drug-likeness (QED) is 0.474. The lowest BCUT2D eigenvalue weighted by molar-refractivity contribution is 0.0579. The lowest BCUT2D eigenvalue weighted by Gasteiger charge is -2.25. The van der Waals surface area contributed by atoms with E-state index in [2.05, 4.69) is 10.4 Å². The molecule has 2 aliphatic rings. The second-order valence-electron chi connectivity index (χ2n) is 11.3. The number of ether oxygens (including phenoxy) is 3. The molecule has 0 aromatic carbocycles. The maximum absolute atomic E-state index is 13.4. The van der Waals surface area contributed by atoms with Gasteiger partial charge in [0, 0.05) is 45.0 Å². The molecule has 1 unspecified atom stereocenters. The van der Waals surface area contributed by atoms with Crippen molar-refractivity contribution >= 4 is 23.5 Å². The highest BCUT2D eigenvalue weighted by molar-refractivity contribution is 6.00. The van der Waals surface area contributed by atoms with Crippen LogP contribution in [0.25, 0.3) is 5.65 Å². The summed E-state index contributed by atoms with van der Waals surface area (Å²) in [4.78, 5) is 45.6. The molecule has 12 nitrogen and oxygen atoms in total. The van der Waals surface area contributed by atoms with Gasteiger partial charge in [-0.25, -0.2) is 9.78 Å². The average molecular weight is 553 g/mol. The number of carbonyl (C=O) groups is 2. The predicted octanol–water partition coefficient (Wildman–Crippen LogP) is 2.72. The molecule has 1 N–H and O–H groups in total. The zero-order valence-corrected chi connectivity index (χ0v) is 23.5. The van der Waals surface area contributed by atoms with Crippen molar-refractivity contribution in [3.63, 3.8) is 0 Å². The summed E-state index contributed by atoms with van der Waals surface area (Å²) in [6, 6.07) is 5.21. The number of nitrogens with one attached hydrogen (secondary N) is 1. The van der Waals surface area contributed by atoms with E-state index in [0.29, 0.717) is 30.3 Å². The number of fused-ring (bicyclic) bond motifs is 1. The molecule has 2 amide bonds. The van der Waals surface area contributed by atoms with Crippen molar-refractivity contribution in [1.29, 1.82) is 0 Å². The van der Waals surface area contributed by atoms with Crippen LogP contribution in [-0.2, 0) is 20.6 Å². The van der Waals surface area contributed by atoms with E-state index in [0.717, 1.165) is 19.3 Å². The highest BCUT2D eigenvalue weighted by Crippen LogP contribution is 2.26. The molecule has 2 fully saturated rings. The minimum Gasteiger partial charge on any atom is -0.443 e. The van der Waals surface area contributed by atoms with Gasteiger partial charge in [-0.2, -0.15) is 9.61 Å². The fourth-order valence-electron chi connectivity index (χ4n) is 4.86. The Morgan fingerprint density at radius 2 is 2.10 bits per heavy atom. The third-order valence-corrected chi connectivity index (χ3v) is 7.07. The summed E-state index contributed by atoms with van der Waals surface area (Å²) in [5.74, 6) is 0.0147. The molecule has 1 aliphatic carbocycles. The first-order valence-corrected chi connectivity index (χ1v) is 13.5. The summed E-state index contributed by atoms with van der Waals surface area (Å²) in [6.45, 7) is 6.55. The first kappa shape index (κ1) is 27.8. The predicted molar refractivity (Wildman–Crippen MR) is 147 cm³/mol. The van der Waals surface area contributed by atoms with Gasteiger partial charge in [-0.15, -0.1) is 0 Å². The average Bonchev–Trinajstić information content (AvgIpc) is 3.53. The van der Waals surface area contributed by atoms with Crippen LogP contribution >= 0.6 is 0 Å². The van der Waals surface area contributed by atoms with Crippen molar-refractivity contribution in [2.75, 3.05) is 32.3 Å². The monoisotopic (exact) mass is 552 g/mol. The number of amides is 2. The SMILES string of the molecule is CO[C@H]1CC1NC(=O)c1cnn2c(N(C)C(=O)OC(C)(C)C)cc(Cc3cccn([C@H]4CCCOC4)c3=O)nc12. The molecular weight excluding hydrogens is 516 g/mol. The summed E-state index contributed by atoms with van der Waals surface area (Å²) in [5.41, 5.74) is 0.743. The Hall–Kier alpha value is -3.77. The smallest absolute Gasteiger partial charge is 0.415 e. The number of nitrogens with zero attached hydrogens (tertiary/aromatic N) is 5. The van der Waals surface area contributed by atoms with Crippen molar-refractivity contribution < 1.29 is 23.8 Å². The van der Waals surface area contributed by atoms with Gasteiger partial charge in [0.2, 0.25) is 0 Å².